The lowest BCUT2D eigenvalue weighted by atomic mass is 9.82. The van der Waals surface area contributed by atoms with Crippen LogP contribution in [0.5, 0.6) is 0 Å². The van der Waals surface area contributed by atoms with Crippen LogP contribution in [0.15, 0.2) is 5.38 Å². The van der Waals surface area contributed by atoms with Gasteiger partial charge in [0.25, 0.3) is 0 Å². The number of carbonyl (C=O) groups excluding carboxylic acids is 1. The van der Waals surface area contributed by atoms with Gasteiger partial charge >= 0.3 is 0 Å². The molecule has 2 rings (SSSR count). The zero-order valence-electron chi connectivity index (χ0n) is 11.1. The van der Waals surface area contributed by atoms with Crippen molar-refractivity contribution in [2.75, 3.05) is 19.6 Å². The lowest BCUT2D eigenvalue weighted by Crippen LogP contribution is -2.49. The molecule has 4 nitrogen and oxygen atoms in total. The minimum atomic E-state index is -0.239. The Morgan fingerprint density at radius 1 is 1.67 bits per heavy atom. The normalized spacial score (nSPS) is 23.9. The first-order valence-corrected chi connectivity index (χ1v) is 7.38. The molecule has 1 atom stereocenters. The molecule has 0 bridgehead atoms. The Labute approximate surface area is 112 Å². The average Bonchev–Trinajstić information content (AvgIpc) is 2.76. The molecular weight excluding hydrogens is 246 g/mol. The summed E-state index contributed by atoms with van der Waals surface area (Å²) in [5.41, 5.74) is 0.821. The molecule has 0 saturated carbocycles. The molecule has 5 heteroatoms. The minimum Gasteiger partial charge on any atom is -0.355 e. The number of nitrogens with zero attached hydrogens (tertiary/aromatic N) is 1. The molecule has 1 amide bonds. The number of piperidine rings is 1. The first kappa shape index (κ1) is 13.5. The largest absolute Gasteiger partial charge is 0.355 e. The van der Waals surface area contributed by atoms with E-state index in [2.05, 4.69) is 15.6 Å². The van der Waals surface area contributed by atoms with Crippen molar-refractivity contribution < 1.29 is 4.79 Å². The number of hydrogen-bond donors (Lipinski definition) is 2. The molecule has 18 heavy (non-hydrogen) atoms. The summed E-state index contributed by atoms with van der Waals surface area (Å²) < 4.78 is 0. The van der Waals surface area contributed by atoms with Gasteiger partial charge in [0.05, 0.1) is 10.4 Å². The van der Waals surface area contributed by atoms with Crippen molar-refractivity contribution >= 4 is 17.2 Å². The van der Waals surface area contributed by atoms with Gasteiger partial charge in [0, 0.05) is 30.6 Å². The Bertz CT molecular complexity index is 410. The van der Waals surface area contributed by atoms with Crippen LogP contribution in [0.3, 0.4) is 0 Å². The summed E-state index contributed by atoms with van der Waals surface area (Å²) in [6.07, 6.45) is 2.88. The van der Waals surface area contributed by atoms with Gasteiger partial charge in [0.15, 0.2) is 0 Å². The van der Waals surface area contributed by atoms with Crippen molar-refractivity contribution in [2.45, 2.75) is 33.1 Å². The van der Waals surface area contributed by atoms with E-state index < -0.39 is 0 Å². The number of rotatable bonds is 4. The standard InChI is InChI=1S/C13H21N3OS/c1-10-8-18-11(16-10)4-7-15-12(17)13(2)5-3-6-14-9-13/h8,14H,3-7,9H2,1-2H3,(H,15,17). The lowest BCUT2D eigenvalue weighted by Gasteiger charge is -2.32. The van der Waals surface area contributed by atoms with Crippen LogP contribution < -0.4 is 10.6 Å². The summed E-state index contributed by atoms with van der Waals surface area (Å²) in [6, 6.07) is 0. The highest BCUT2D eigenvalue weighted by atomic mass is 32.1. The summed E-state index contributed by atoms with van der Waals surface area (Å²) in [5, 5.41) is 9.48. The quantitative estimate of drug-likeness (QED) is 0.869. The third-order valence-electron chi connectivity index (χ3n) is 3.44. The fourth-order valence-electron chi connectivity index (χ4n) is 2.26. The van der Waals surface area contributed by atoms with Crippen molar-refractivity contribution in [2.24, 2.45) is 5.41 Å². The van der Waals surface area contributed by atoms with E-state index in [9.17, 15) is 4.79 Å². The predicted octanol–water partition coefficient (Wildman–Crippen LogP) is 1.50. The molecule has 1 aliphatic rings. The summed E-state index contributed by atoms with van der Waals surface area (Å²) in [7, 11) is 0. The number of aryl methyl sites for hydroxylation is 1. The number of aromatic nitrogens is 1. The summed E-state index contributed by atoms with van der Waals surface area (Å²) in [6.45, 7) is 6.53. The Kier molecular flexibility index (Phi) is 4.35. The first-order valence-electron chi connectivity index (χ1n) is 6.50. The number of carbonyl (C=O) groups is 1. The average molecular weight is 267 g/mol. The van der Waals surface area contributed by atoms with Gasteiger partial charge in [-0.15, -0.1) is 11.3 Å². The molecule has 1 aliphatic heterocycles. The van der Waals surface area contributed by atoms with Crippen LogP contribution in [0.25, 0.3) is 0 Å². The number of hydrogen-bond acceptors (Lipinski definition) is 4. The SMILES string of the molecule is Cc1csc(CCNC(=O)C2(C)CCCNC2)n1. The van der Waals surface area contributed by atoms with E-state index in [0.29, 0.717) is 6.54 Å². The molecule has 100 valence electrons. The first-order chi connectivity index (χ1) is 8.60. The fraction of sp³-hybridized carbons (Fsp3) is 0.692. The minimum absolute atomic E-state index is 0.169. The molecule has 1 fully saturated rings. The van der Waals surface area contributed by atoms with Crippen molar-refractivity contribution in [3.63, 3.8) is 0 Å². The maximum Gasteiger partial charge on any atom is 0.227 e. The summed E-state index contributed by atoms with van der Waals surface area (Å²) >= 11 is 1.66. The molecule has 1 unspecified atom stereocenters. The van der Waals surface area contributed by atoms with E-state index in [1.807, 2.05) is 19.2 Å². The highest BCUT2D eigenvalue weighted by molar-refractivity contribution is 7.09. The van der Waals surface area contributed by atoms with Gasteiger partial charge in [-0.1, -0.05) is 0 Å². The van der Waals surface area contributed by atoms with E-state index in [1.165, 1.54) is 0 Å². The van der Waals surface area contributed by atoms with Gasteiger partial charge in [-0.3, -0.25) is 4.79 Å². The fourth-order valence-corrected chi connectivity index (χ4v) is 3.04. The molecule has 1 aromatic heterocycles. The highest BCUT2D eigenvalue weighted by Gasteiger charge is 2.34. The second kappa shape index (κ2) is 5.80. The van der Waals surface area contributed by atoms with Crippen LogP contribution in [-0.2, 0) is 11.2 Å². The van der Waals surface area contributed by atoms with Crippen LogP contribution >= 0.6 is 11.3 Å². The second-order valence-corrected chi connectivity index (χ2v) is 6.17. The van der Waals surface area contributed by atoms with E-state index in [4.69, 9.17) is 0 Å². The van der Waals surface area contributed by atoms with Gasteiger partial charge in [0.1, 0.15) is 0 Å². The molecule has 0 aromatic carbocycles. The van der Waals surface area contributed by atoms with Gasteiger partial charge in [0.2, 0.25) is 5.91 Å². The number of nitrogens with one attached hydrogen (secondary N) is 2. The zero-order chi connectivity index (χ0) is 13.0. The third-order valence-corrected chi connectivity index (χ3v) is 4.46. The van der Waals surface area contributed by atoms with Crippen LogP contribution in [-0.4, -0.2) is 30.5 Å². The maximum atomic E-state index is 12.1. The van der Waals surface area contributed by atoms with Crippen molar-refractivity contribution in [3.8, 4) is 0 Å². The van der Waals surface area contributed by atoms with E-state index >= 15 is 0 Å². The molecule has 0 spiro atoms. The van der Waals surface area contributed by atoms with Crippen LogP contribution in [0.4, 0.5) is 0 Å². The molecular formula is C13H21N3OS. The monoisotopic (exact) mass is 267 g/mol. The van der Waals surface area contributed by atoms with E-state index in [0.717, 1.165) is 43.1 Å². The Morgan fingerprint density at radius 2 is 2.50 bits per heavy atom. The highest BCUT2D eigenvalue weighted by Crippen LogP contribution is 2.25. The van der Waals surface area contributed by atoms with Gasteiger partial charge < -0.3 is 10.6 Å². The van der Waals surface area contributed by atoms with Crippen molar-refractivity contribution in [1.29, 1.82) is 0 Å². The van der Waals surface area contributed by atoms with E-state index in [-0.39, 0.29) is 11.3 Å². The smallest absolute Gasteiger partial charge is 0.227 e. The predicted molar refractivity (Wildman–Crippen MR) is 73.8 cm³/mol. The van der Waals surface area contributed by atoms with E-state index in [1.54, 1.807) is 11.3 Å². The van der Waals surface area contributed by atoms with Gasteiger partial charge in [-0.25, -0.2) is 4.98 Å². The van der Waals surface area contributed by atoms with Crippen LogP contribution in [0, 0.1) is 12.3 Å². The maximum absolute atomic E-state index is 12.1. The zero-order valence-corrected chi connectivity index (χ0v) is 11.9. The summed E-state index contributed by atoms with van der Waals surface area (Å²) in [4.78, 5) is 16.5. The van der Waals surface area contributed by atoms with Crippen molar-refractivity contribution in [1.82, 2.24) is 15.6 Å². The van der Waals surface area contributed by atoms with Gasteiger partial charge in [-0.2, -0.15) is 0 Å². The molecule has 2 N–H and O–H groups in total. The lowest BCUT2D eigenvalue weighted by molar-refractivity contribution is -0.131. The molecule has 1 aromatic rings. The number of thiazole rings is 1. The topological polar surface area (TPSA) is 54.0 Å². The summed E-state index contributed by atoms with van der Waals surface area (Å²) in [5.74, 6) is 0.169. The van der Waals surface area contributed by atoms with Crippen LogP contribution in [0.1, 0.15) is 30.5 Å². The molecule has 0 aliphatic carbocycles. The van der Waals surface area contributed by atoms with Crippen molar-refractivity contribution in [3.05, 3.63) is 16.1 Å². The Hall–Kier alpha value is -0.940. The van der Waals surface area contributed by atoms with Crippen LogP contribution in [0.2, 0.25) is 0 Å². The molecule has 0 radical (unpaired) electrons. The molecule has 2 heterocycles. The third kappa shape index (κ3) is 3.29. The Balaban J connectivity index is 1.77. The van der Waals surface area contributed by atoms with Gasteiger partial charge in [-0.05, 0) is 33.2 Å². The second-order valence-electron chi connectivity index (χ2n) is 5.23. The Morgan fingerprint density at radius 3 is 3.11 bits per heavy atom. The molecule has 1 saturated heterocycles. The number of amides is 1.